The number of hydrogen-bond donors (Lipinski definition) is 0. The van der Waals surface area contributed by atoms with E-state index in [9.17, 15) is 0 Å². The van der Waals surface area contributed by atoms with Crippen LogP contribution in [0.1, 0.15) is 22.3 Å². The molecule has 1 aromatic rings. The summed E-state index contributed by atoms with van der Waals surface area (Å²) < 4.78 is -0.298. The van der Waals surface area contributed by atoms with Gasteiger partial charge in [-0.1, -0.05) is 59.9 Å². The van der Waals surface area contributed by atoms with Gasteiger partial charge in [0.25, 0.3) is 0 Å². The highest BCUT2D eigenvalue weighted by Gasteiger charge is 2.25. The van der Waals surface area contributed by atoms with Crippen LogP contribution in [-0.4, -0.2) is 0 Å². The predicted molar refractivity (Wildman–Crippen MR) is 69.1 cm³/mol. The molecule has 0 saturated carbocycles. The monoisotopic (exact) mass is 368 g/mol. The first-order valence-corrected chi connectivity index (χ1v) is 6.36. The molecule has 72 valence electrons. The SMILES string of the molecule is Cc1ccc(C)c(C(Br)(Br)Br)c1C. The van der Waals surface area contributed by atoms with Crippen LogP contribution < -0.4 is 0 Å². The molecule has 1 rings (SSSR count). The van der Waals surface area contributed by atoms with Crippen molar-refractivity contribution in [2.24, 2.45) is 0 Å². The van der Waals surface area contributed by atoms with Gasteiger partial charge in [-0.05, 0) is 43.0 Å². The Labute approximate surface area is 104 Å². The van der Waals surface area contributed by atoms with Gasteiger partial charge in [0.2, 0.25) is 0 Å². The van der Waals surface area contributed by atoms with Crippen molar-refractivity contribution in [2.75, 3.05) is 0 Å². The first-order valence-electron chi connectivity index (χ1n) is 3.98. The minimum absolute atomic E-state index is 0.298. The molecule has 0 bridgehead atoms. The second kappa shape index (κ2) is 4.03. The molecule has 0 aliphatic heterocycles. The largest absolute Gasteiger partial charge is 0.160 e. The summed E-state index contributed by atoms with van der Waals surface area (Å²) in [5.41, 5.74) is 5.15. The molecule has 13 heavy (non-hydrogen) atoms. The van der Waals surface area contributed by atoms with Crippen LogP contribution in [0.2, 0.25) is 0 Å². The summed E-state index contributed by atoms with van der Waals surface area (Å²) in [6, 6.07) is 4.28. The maximum Gasteiger partial charge on any atom is 0.160 e. The van der Waals surface area contributed by atoms with Crippen LogP contribution in [0.15, 0.2) is 12.1 Å². The second-order valence-corrected chi connectivity index (χ2v) is 9.96. The second-order valence-electron chi connectivity index (χ2n) is 3.20. The Kier molecular flexibility index (Phi) is 3.64. The molecule has 1 aromatic carbocycles. The van der Waals surface area contributed by atoms with E-state index in [-0.39, 0.29) is 2.14 Å². The topological polar surface area (TPSA) is 0 Å². The van der Waals surface area contributed by atoms with Crippen molar-refractivity contribution in [2.45, 2.75) is 22.9 Å². The van der Waals surface area contributed by atoms with Crippen molar-refractivity contribution in [3.05, 3.63) is 34.4 Å². The summed E-state index contributed by atoms with van der Waals surface area (Å²) in [5, 5.41) is 0. The lowest BCUT2D eigenvalue weighted by Gasteiger charge is -2.20. The molecule has 0 amide bonds. The Morgan fingerprint density at radius 2 is 1.38 bits per heavy atom. The normalized spacial score (nSPS) is 11.8. The van der Waals surface area contributed by atoms with E-state index < -0.39 is 0 Å². The van der Waals surface area contributed by atoms with E-state index in [1.165, 1.54) is 22.3 Å². The zero-order valence-electron chi connectivity index (χ0n) is 7.79. The molecule has 0 spiro atoms. The molecule has 0 aromatic heterocycles. The van der Waals surface area contributed by atoms with Crippen LogP contribution in [0.5, 0.6) is 0 Å². The third kappa shape index (κ3) is 2.57. The molecule has 0 saturated heterocycles. The number of benzene rings is 1. The van der Waals surface area contributed by atoms with Crippen molar-refractivity contribution in [1.82, 2.24) is 0 Å². The first-order chi connectivity index (χ1) is 5.84. The van der Waals surface area contributed by atoms with Gasteiger partial charge in [0.05, 0.1) is 0 Å². The summed E-state index contributed by atoms with van der Waals surface area (Å²) in [6.07, 6.45) is 0. The summed E-state index contributed by atoms with van der Waals surface area (Å²) in [5.74, 6) is 0. The Balaban J connectivity index is 3.43. The van der Waals surface area contributed by atoms with Gasteiger partial charge < -0.3 is 0 Å². The van der Waals surface area contributed by atoms with Gasteiger partial charge in [0.1, 0.15) is 0 Å². The van der Waals surface area contributed by atoms with Gasteiger partial charge in [-0.15, -0.1) is 0 Å². The summed E-state index contributed by atoms with van der Waals surface area (Å²) in [4.78, 5) is 0. The van der Waals surface area contributed by atoms with Crippen LogP contribution in [0.3, 0.4) is 0 Å². The molecule has 0 nitrogen and oxygen atoms in total. The average Bonchev–Trinajstić information content (AvgIpc) is 1.95. The van der Waals surface area contributed by atoms with Gasteiger partial charge in [0, 0.05) is 0 Å². The number of alkyl halides is 3. The molecule has 0 heterocycles. The minimum Gasteiger partial charge on any atom is -0.0588 e. The molecule has 0 N–H and O–H groups in total. The summed E-state index contributed by atoms with van der Waals surface area (Å²) in [7, 11) is 0. The van der Waals surface area contributed by atoms with E-state index in [1.807, 2.05) is 0 Å². The number of aryl methyl sites for hydroxylation is 2. The van der Waals surface area contributed by atoms with Gasteiger partial charge in [-0.25, -0.2) is 0 Å². The zero-order chi connectivity index (χ0) is 10.2. The van der Waals surface area contributed by atoms with Crippen molar-refractivity contribution in [3.63, 3.8) is 0 Å². The molecule has 0 radical (unpaired) electrons. The maximum atomic E-state index is 3.56. The third-order valence-corrected chi connectivity index (χ3v) is 3.42. The fourth-order valence-electron chi connectivity index (χ4n) is 1.39. The van der Waals surface area contributed by atoms with Gasteiger partial charge in [-0.3, -0.25) is 0 Å². The molecular formula is C10H11Br3. The smallest absolute Gasteiger partial charge is 0.0588 e. The number of rotatable bonds is 0. The van der Waals surface area contributed by atoms with Crippen LogP contribution >= 0.6 is 47.8 Å². The van der Waals surface area contributed by atoms with E-state index >= 15 is 0 Å². The minimum atomic E-state index is -0.298. The number of halogens is 3. The highest BCUT2D eigenvalue weighted by atomic mass is 80.0. The summed E-state index contributed by atoms with van der Waals surface area (Å²) in [6.45, 7) is 6.37. The van der Waals surface area contributed by atoms with Crippen molar-refractivity contribution >= 4 is 47.8 Å². The zero-order valence-corrected chi connectivity index (χ0v) is 12.5. The van der Waals surface area contributed by atoms with Crippen molar-refractivity contribution < 1.29 is 0 Å². The quantitative estimate of drug-likeness (QED) is 0.569. The average molecular weight is 371 g/mol. The molecule has 0 unspecified atom stereocenters. The highest BCUT2D eigenvalue weighted by molar-refractivity contribution is 9.38. The Morgan fingerprint density at radius 3 is 1.77 bits per heavy atom. The van der Waals surface area contributed by atoms with Crippen molar-refractivity contribution in [3.8, 4) is 0 Å². The summed E-state index contributed by atoms with van der Waals surface area (Å²) >= 11 is 10.7. The van der Waals surface area contributed by atoms with Gasteiger partial charge >= 0.3 is 0 Å². The van der Waals surface area contributed by atoms with E-state index in [4.69, 9.17) is 0 Å². The molecule has 0 aliphatic carbocycles. The van der Waals surface area contributed by atoms with Crippen LogP contribution in [0.4, 0.5) is 0 Å². The molecule has 0 aliphatic rings. The van der Waals surface area contributed by atoms with E-state index in [2.05, 4.69) is 80.7 Å². The van der Waals surface area contributed by atoms with E-state index in [0.29, 0.717) is 0 Å². The fraction of sp³-hybridized carbons (Fsp3) is 0.400. The Hall–Kier alpha value is 0.660. The van der Waals surface area contributed by atoms with Crippen LogP contribution in [-0.2, 0) is 2.14 Å². The van der Waals surface area contributed by atoms with E-state index in [0.717, 1.165) is 0 Å². The molecular weight excluding hydrogens is 360 g/mol. The lowest BCUT2D eigenvalue weighted by atomic mass is 10.00. The lowest BCUT2D eigenvalue weighted by molar-refractivity contribution is 1.18. The van der Waals surface area contributed by atoms with Gasteiger partial charge in [0.15, 0.2) is 2.14 Å². The van der Waals surface area contributed by atoms with Crippen molar-refractivity contribution in [1.29, 1.82) is 0 Å². The Bertz CT molecular complexity index is 324. The maximum absolute atomic E-state index is 3.56. The van der Waals surface area contributed by atoms with E-state index in [1.54, 1.807) is 0 Å². The molecule has 0 fully saturated rings. The Morgan fingerprint density at radius 1 is 0.923 bits per heavy atom. The van der Waals surface area contributed by atoms with Crippen LogP contribution in [0, 0.1) is 20.8 Å². The molecule has 3 heteroatoms. The first kappa shape index (κ1) is 11.7. The standard InChI is InChI=1S/C10H11Br3/c1-6-4-5-7(2)9(8(6)3)10(11,12)13/h4-5H,1-3H3. The third-order valence-electron chi connectivity index (χ3n) is 2.23. The van der Waals surface area contributed by atoms with Gasteiger partial charge in [-0.2, -0.15) is 0 Å². The molecule has 0 atom stereocenters. The number of hydrogen-bond acceptors (Lipinski definition) is 0. The lowest BCUT2D eigenvalue weighted by Crippen LogP contribution is -2.05. The highest BCUT2D eigenvalue weighted by Crippen LogP contribution is 2.47. The van der Waals surface area contributed by atoms with Crippen LogP contribution in [0.25, 0.3) is 0 Å². The predicted octanol–water partition coefficient (Wildman–Crippen LogP) is 4.91. The fourth-order valence-corrected chi connectivity index (χ4v) is 3.22.